The summed E-state index contributed by atoms with van der Waals surface area (Å²) in [5.74, 6) is -0.614. The summed E-state index contributed by atoms with van der Waals surface area (Å²) in [5, 5.41) is 5.44. The van der Waals surface area contributed by atoms with Crippen LogP contribution in [0.25, 0.3) is 16.6 Å². The number of rotatable bonds is 4. The van der Waals surface area contributed by atoms with E-state index in [0.29, 0.717) is 22.5 Å². The van der Waals surface area contributed by atoms with Gasteiger partial charge in [0.05, 0.1) is 12.6 Å². The molecule has 1 aromatic carbocycles. The van der Waals surface area contributed by atoms with Crippen LogP contribution >= 0.6 is 0 Å². The van der Waals surface area contributed by atoms with Crippen LogP contribution in [-0.4, -0.2) is 37.6 Å². The monoisotopic (exact) mass is 451 g/mol. The highest BCUT2D eigenvalue weighted by molar-refractivity contribution is 5.95. The zero-order valence-electron chi connectivity index (χ0n) is 18.0. The standard InChI is InChI=1S/C23H23F2N7O/c1-33-17-4-2-3-15-18(17)29-21(26)32-20(15)30-19(31-32)13-7-12(8-13)16-6-5-14(9-28-16)22(27)10-23(24,25)11-22/h2-6,9,12-13H,7-8,10-11,27H2,1H3,(H2,26,29)/t12-,13-. The third-order valence-electron chi connectivity index (χ3n) is 6.96. The lowest BCUT2D eigenvalue weighted by Crippen LogP contribution is -2.55. The van der Waals surface area contributed by atoms with Crippen molar-refractivity contribution in [3.8, 4) is 5.75 Å². The number of halogens is 2. The molecule has 4 N–H and O–H groups in total. The zero-order valence-corrected chi connectivity index (χ0v) is 18.0. The number of anilines is 1. The largest absolute Gasteiger partial charge is 0.494 e. The van der Waals surface area contributed by atoms with Crippen LogP contribution in [0.1, 0.15) is 54.6 Å². The summed E-state index contributed by atoms with van der Waals surface area (Å²) in [5.41, 5.74) is 14.2. The molecule has 3 heterocycles. The van der Waals surface area contributed by atoms with E-state index in [1.165, 1.54) is 0 Å². The number of hydrogen-bond acceptors (Lipinski definition) is 7. The molecule has 8 nitrogen and oxygen atoms in total. The van der Waals surface area contributed by atoms with Gasteiger partial charge in [-0.15, -0.1) is 5.10 Å². The molecule has 0 atom stereocenters. The SMILES string of the molecule is COc1cccc2c1nc(N)n1nc([C@H]3C[C@H](c4ccc(C5(N)CC(F)(F)C5)cn4)C3)nc21. The van der Waals surface area contributed by atoms with Crippen LogP contribution in [0.3, 0.4) is 0 Å². The maximum Gasteiger partial charge on any atom is 0.252 e. The Hall–Kier alpha value is -3.40. The van der Waals surface area contributed by atoms with E-state index in [1.807, 2.05) is 30.3 Å². The summed E-state index contributed by atoms with van der Waals surface area (Å²) in [6.45, 7) is 0. The highest BCUT2D eigenvalue weighted by Gasteiger charge is 2.55. The number of nitrogen functional groups attached to an aromatic ring is 1. The van der Waals surface area contributed by atoms with Gasteiger partial charge in [0.2, 0.25) is 5.95 Å². The molecule has 0 saturated heterocycles. The maximum atomic E-state index is 13.3. The Labute approximate surface area is 188 Å². The number of ether oxygens (including phenoxy) is 1. The molecule has 4 aromatic rings. The summed E-state index contributed by atoms with van der Waals surface area (Å²) >= 11 is 0. The van der Waals surface area contributed by atoms with Crippen LogP contribution in [-0.2, 0) is 5.54 Å². The fourth-order valence-corrected chi connectivity index (χ4v) is 5.07. The van der Waals surface area contributed by atoms with Crippen LogP contribution in [0.4, 0.5) is 14.7 Å². The van der Waals surface area contributed by atoms with Gasteiger partial charge < -0.3 is 16.2 Å². The Balaban J connectivity index is 1.22. The minimum absolute atomic E-state index is 0.183. The number of pyridine rings is 1. The van der Waals surface area contributed by atoms with Crippen molar-refractivity contribution < 1.29 is 13.5 Å². The lowest BCUT2D eigenvalue weighted by molar-refractivity contribution is -0.125. The van der Waals surface area contributed by atoms with Crippen LogP contribution in [0.2, 0.25) is 0 Å². The fourth-order valence-electron chi connectivity index (χ4n) is 5.07. The lowest BCUT2D eigenvalue weighted by Gasteiger charge is -2.44. The Morgan fingerprint density at radius 1 is 1.09 bits per heavy atom. The number of benzene rings is 1. The molecule has 2 aliphatic rings. The molecular weight excluding hydrogens is 428 g/mol. The molecular formula is C23H23F2N7O. The molecule has 0 aliphatic heterocycles. The summed E-state index contributed by atoms with van der Waals surface area (Å²) in [7, 11) is 1.59. The van der Waals surface area contributed by atoms with Gasteiger partial charge in [-0.1, -0.05) is 12.1 Å². The summed E-state index contributed by atoms with van der Waals surface area (Å²) in [6, 6.07) is 9.38. The topological polar surface area (TPSA) is 117 Å². The van der Waals surface area contributed by atoms with Crippen LogP contribution in [0.15, 0.2) is 36.5 Å². The first kappa shape index (κ1) is 20.2. The first-order valence-corrected chi connectivity index (χ1v) is 10.9. The average Bonchev–Trinajstić information content (AvgIpc) is 3.17. The van der Waals surface area contributed by atoms with Gasteiger partial charge in [0.1, 0.15) is 11.3 Å². The Morgan fingerprint density at radius 2 is 1.88 bits per heavy atom. The Kier molecular flexibility index (Phi) is 4.17. The Morgan fingerprint density at radius 3 is 2.55 bits per heavy atom. The second-order valence-electron chi connectivity index (χ2n) is 9.23. The molecule has 2 fully saturated rings. The second kappa shape index (κ2) is 6.80. The highest BCUT2D eigenvalue weighted by atomic mass is 19.3. The number of nitrogens with two attached hydrogens (primary N) is 2. The minimum Gasteiger partial charge on any atom is -0.494 e. The van der Waals surface area contributed by atoms with E-state index in [-0.39, 0.29) is 30.6 Å². The minimum atomic E-state index is -2.68. The van der Waals surface area contributed by atoms with E-state index in [0.717, 1.165) is 29.7 Å². The molecule has 2 saturated carbocycles. The van der Waals surface area contributed by atoms with Crippen molar-refractivity contribution in [2.24, 2.45) is 5.73 Å². The summed E-state index contributed by atoms with van der Waals surface area (Å²) in [4.78, 5) is 13.7. The molecule has 0 unspecified atom stereocenters. The molecule has 2 aliphatic carbocycles. The fraction of sp³-hybridized carbons (Fsp3) is 0.391. The number of aromatic nitrogens is 5. The van der Waals surface area contributed by atoms with Gasteiger partial charge in [0.15, 0.2) is 11.5 Å². The molecule has 3 aromatic heterocycles. The number of methoxy groups -OCH3 is 1. The molecule has 6 rings (SSSR count). The number of alkyl halides is 2. The van der Waals surface area contributed by atoms with Crippen LogP contribution in [0, 0.1) is 0 Å². The van der Waals surface area contributed by atoms with Crippen molar-refractivity contribution in [2.45, 2.75) is 49.0 Å². The average molecular weight is 451 g/mol. The third kappa shape index (κ3) is 3.12. The van der Waals surface area contributed by atoms with Gasteiger partial charge in [-0.3, -0.25) is 4.98 Å². The van der Waals surface area contributed by atoms with Crippen molar-refractivity contribution in [1.29, 1.82) is 0 Å². The van der Waals surface area contributed by atoms with Gasteiger partial charge in [0, 0.05) is 42.0 Å². The van der Waals surface area contributed by atoms with Gasteiger partial charge in [-0.05, 0) is 36.6 Å². The smallest absolute Gasteiger partial charge is 0.252 e. The van der Waals surface area contributed by atoms with Crippen molar-refractivity contribution in [2.75, 3.05) is 12.8 Å². The van der Waals surface area contributed by atoms with Crippen molar-refractivity contribution in [3.63, 3.8) is 0 Å². The van der Waals surface area contributed by atoms with Gasteiger partial charge in [-0.25, -0.2) is 18.7 Å². The van der Waals surface area contributed by atoms with E-state index >= 15 is 0 Å². The molecule has 0 amide bonds. The maximum absolute atomic E-state index is 13.3. The van der Waals surface area contributed by atoms with Crippen molar-refractivity contribution >= 4 is 22.5 Å². The first-order valence-electron chi connectivity index (χ1n) is 10.9. The number of hydrogen-bond donors (Lipinski definition) is 2. The van der Waals surface area contributed by atoms with Crippen LogP contribution < -0.4 is 16.2 Å². The zero-order chi connectivity index (χ0) is 23.0. The highest BCUT2D eigenvalue weighted by Crippen LogP contribution is 2.50. The number of nitrogens with zero attached hydrogens (tertiary/aromatic N) is 5. The summed E-state index contributed by atoms with van der Waals surface area (Å²) < 4.78 is 33.6. The molecule has 170 valence electrons. The van der Waals surface area contributed by atoms with E-state index in [2.05, 4.69) is 15.1 Å². The number of fused-ring (bicyclic) bond motifs is 3. The predicted molar refractivity (Wildman–Crippen MR) is 118 cm³/mol. The quantitative estimate of drug-likeness (QED) is 0.488. The molecule has 10 heteroatoms. The predicted octanol–water partition coefficient (Wildman–Crippen LogP) is 3.51. The van der Waals surface area contributed by atoms with Crippen LogP contribution in [0.5, 0.6) is 5.75 Å². The van der Waals surface area contributed by atoms with Gasteiger partial charge in [0.25, 0.3) is 5.92 Å². The van der Waals surface area contributed by atoms with E-state index in [4.69, 9.17) is 21.2 Å². The first-order chi connectivity index (χ1) is 15.8. The third-order valence-corrected chi connectivity index (χ3v) is 6.96. The van der Waals surface area contributed by atoms with Gasteiger partial charge in [-0.2, -0.15) is 4.52 Å². The van der Waals surface area contributed by atoms with Crippen molar-refractivity contribution in [1.82, 2.24) is 24.6 Å². The van der Waals surface area contributed by atoms with E-state index < -0.39 is 11.5 Å². The summed E-state index contributed by atoms with van der Waals surface area (Å²) in [6.07, 6.45) is 2.69. The molecule has 0 radical (unpaired) electrons. The molecule has 0 spiro atoms. The Bertz CT molecular complexity index is 1370. The normalized spacial score (nSPS) is 23.3. The molecule has 33 heavy (non-hydrogen) atoms. The lowest BCUT2D eigenvalue weighted by atomic mass is 9.69. The molecule has 0 bridgehead atoms. The van der Waals surface area contributed by atoms with Crippen molar-refractivity contribution in [3.05, 3.63) is 53.6 Å². The van der Waals surface area contributed by atoms with E-state index in [1.54, 1.807) is 17.8 Å². The number of para-hydroxylation sites is 1. The van der Waals surface area contributed by atoms with E-state index in [9.17, 15) is 8.78 Å². The van der Waals surface area contributed by atoms with Gasteiger partial charge >= 0.3 is 0 Å². The second-order valence-corrected chi connectivity index (χ2v) is 9.23.